The SMILES string of the molecule is O=C(O)c1ccc(C(=O)NCCCOC2CCOC2)o1. The van der Waals surface area contributed by atoms with Crippen LogP contribution in [0.15, 0.2) is 16.5 Å². The van der Waals surface area contributed by atoms with E-state index in [0.29, 0.717) is 26.2 Å². The lowest BCUT2D eigenvalue weighted by atomic mass is 10.3. The highest BCUT2D eigenvalue weighted by atomic mass is 16.5. The average molecular weight is 283 g/mol. The molecule has 2 heterocycles. The first kappa shape index (κ1) is 14.5. The van der Waals surface area contributed by atoms with Gasteiger partial charge in [-0.1, -0.05) is 0 Å². The lowest BCUT2D eigenvalue weighted by Gasteiger charge is -2.09. The minimum absolute atomic E-state index is 0.00693. The van der Waals surface area contributed by atoms with Crippen molar-refractivity contribution in [1.82, 2.24) is 5.32 Å². The zero-order valence-corrected chi connectivity index (χ0v) is 11.0. The molecule has 1 aromatic heterocycles. The van der Waals surface area contributed by atoms with E-state index in [9.17, 15) is 9.59 Å². The fourth-order valence-electron chi connectivity index (χ4n) is 1.83. The largest absolute Gasteiger partial charge is 0.475 e. The summed E-state index contributed by atoms with van der Waals surface area (Å²) in [6, 6.07) is 2.59. The van der Waals surface area contributed by atoms with Crippen molar-refractivity contribution in [2.75, 3.05) is 26.4 Å². The van der Waals surface area contributed by atoms with Gasteiger partial charge in [-0.2, -0.15) is 0 Å². The Hall–Kier alpha value is -1.86. The van der Waals surface area contributed by atoms with Crippen LogP contribution in [0.5, 0.6) is 0 Å². The highest BCUT2D eigenvalue weighted by Gasteiger charge is 2.16. The van der Waals surface area contributed by atoms with Crippen molar-refractivity contribution in [3.8, 4) is 0 Å². The molecule has 1 atom stereocenters. The van der Waals surface area contributed by atoms with Crippen molar-refractivity contribution in [3.63, 3.8) is 0 Å². The molecule has 1 unspecified atom stereocenters. The maximum atomic E-state index is 11.6. The molecule has 2 rings (SSSR count). The van der Waals surface area contributed by atoms with E-state index in [2.05, 4.69) is 5.32 Å². The quantitative estimate of drug-likeness (QED) is 0.722. The van der Waals surface area contributed by atoms with Crippen LogP contribution in [0.3, 0.4) is 0 Å². The monoisotopic (exact) mass is 283 g/mol. The molecule has 0 bridgehead atoms. The van der Waals surface area contributed by atoms with Gasteiger partial charge in [-0.25, -0.2) is 4.79 Å². The summed E-state index contributed by atoms with van der Waals surface area (Å²) in [5.41, 5.74) is 0. The van der Waals surface area contributed by atoms with Crippen molar-refractivity contribution < 1.29 is 28.6 Å². The van der Waals surface area contributed by atoms with Crippen molar-refractivity contribution in [2.45, 2.75) is 18.9 Å². The highest BCUT2D eigenvalue weighted by Crippen LogP contribution is 2.09. The van der Waals surface area contributed by atoms with Crippen LogP contribution in [0, 0.1) is 0 Å². The molecule has 1 aliphatic rings. The van der Waals surface area contributed by atoms with Gasteiger partial charge in [0.2, 0.25) is 5.76 Å². The molecule has 7 heteroatoms. The second kappa shape index (κ2) is 7.06. The fourth-order valence-corrected chi connectivity index (χ4v) is 1.83. The molecule has 0 spiro atoms. The summed E-state index contributed by atoms with van der Waals surface area (Å²) in [5, 5.41) is 11.3. The third kappa shape index (κ3) is 4.07. The van der Waals surface area contributed by atoms with Crippen LogP contribution < -0.4 is 5.32 Å². The molecular formula is C13H17NO6. The Kier molecular flexibility index (Phi) is 5.14. The zero-order valence-electron chi connectivity index (χ0n) is 11.0. The van der Waals surface area contributed by atoms with Gasteiger partial charge in [0.1, 0.15) is 0 Å². The molecule has 1 aromatic rings. The van der Waals surface area contributed by atoms with Gasteiger partial charge in [0, 0.05) is 19.8 Å². The maximum absolute atomic E-state index is 11.6. The molecule has 110 valence electrons. The van der Waals surface area contributed by atoms with Crippen molar-refractivity contribution in [3.05, 3.63) is 23.7 Å². The van der Waals surface area contributed by atoms with E-state index in [-0.39, 0.29) is 17.6 Å². The lowest BCUT2D eigenvalue weighted by molar-refractivity contribution is 0.0414. The van der Waals surface area contributed by atoms with E-state index in [0.717, 1.165) is 13.0 Å². The number of carboxylic acid groups (broad SMARTS) is 1. The highest BCUT2D eigenvalue weighted by molar-refractivity contribution is 5.93. The summed E-state index contributed by atoms with van der Waals surface area (Å²) in [4.78, 5) is 22.3. The minimum Gasteiger partial charge on any atom is -0.475 e. The van der Waals surface area contributed by atoms with Gasteiger partial charge in [0.05, 0.1) is 12.7 Å². The lowest BCUT2D eigenvalue weighted by Crippen LogP contribution is -2.25. The first-order valence-corrected chi connectivity index (χ1v) is 6.47. The van der Waals surface area contributed by atoms with Gasteiger partial charge >= 0.3 is 5.97 Å². The molecule has 0 aromatic carbocycles. The van der Waals surface area contributed by atoms with E-state index in [1.54, 1.807) is 0 Å². The van der Waals surface area contributed by atoms with Crippen LogP contribution in [-0.4, -0.2) is 49.5 Å². The van der Waals surface area contributed by atoms with Crippen LogP contribution in [0.25, 0.3) is 0 Å². The number of nitrogens with one attached hydrogen (secondary N) is 1. The predicted octanol–water partition coefficient (Wildman–Crippen LogP) is 0.903. The minimum atomic E-state index is -1.20. The normalized spacial score (nSPS) is 18.1. The molecule has 2 N–H and O–H groups in total. The van der Waals surface area contributed by atoms with Crippen LogP contribution in [0.4, 0.5) is 0 Å². The molecule has 1 amide bonds. The Balaban J connectivity index is 1.62. The summed E-state index contributed by atoms with van der Waals surface area (Å²) in [5.74, 6) is -1.88. The smallest absolute Gasteiger partial charge is 0.371 e. The van der Waals surface area contributed by atoms with E-state index < -0.39 is 11.9 Å². The summed E-state index contributed by atoms with van der Waals surface area (Å²) >= 11 is 0. The fraction of sp³-hybridized carbons (Fsp3) is 0.538. The second-order valence-electron chi connectivity index (χ2n) is 4.43. The number of carboxylic acids is 1. The average Bonchev–Trinajstić information content (AvgIpc) is 3.09. The Labute approximate surface area is 115 Å². The van der Waals surface area contributed by atoms with Crippen molar-refractivity contribution in [1.29, 1.82) is 0 Å². The molecule has 0 aliphatic carbocycles. The Morgan fingerprint density at radius 3 is 2.85 bits per heavy atom. The first-order valence-electron chi connectivity index (χ1n) is 6.47. The second-order valence-corrected chi connectivity index (χ2v) is 4.43. The number of ether oxygens (including phenoxy) is 2. The predicted molar refractivity (Wildman–Crippen MR) is 67.8 cm³/mol. The van der Waals surface area contributed by atoms with Gasteiger partial charge in [0.15, 0.2) is 5.76 Å². The number of aromatic carboxylic acids is 1. The summed E-state index contributed by atoms with van der Waals surface area (Å²) in [6.07, 6.45) is 1.75. The van der Waals surface area contributed by atoms with E-state index >= 15 is 0 Å². The number of hydrogen-bond acceptors (Lipinski definition) is 5. The third-order valence-electron chi connectivity index (χ3n) is 2.89. The number of rotatable bonds is 7. The number of carbonyl (C=O) groups excluding carboxylic acids is 1. The molecule has 1 aliphatic heterocycles. The molecule has 1 fully saturated rings. The number of carbonyl (C=O) groups is 2. The van der Waals surface area contributed by atoms with E-state index in [4.69, 9.17) is 19.0 Å². The van der Waals surface area contributed by atoms with Crippen molar-refractivity contribution >= 4 is 11.9 Å². The zero-order chi connectivity index (χ0) is 14.4. The van der Waals surface area contributed by atoms with Gasteiger partial charge in [-0.15, -0.1) is 0 Å². The van der Waals surface area contributed by atoms with Crippen LogP contribution >= 0.6 is 0 Å². The van der Waals surface area contributed by atoms with Crippen LogP contribution in [0.1, 0.15) is 34.0 Å². The first-order chi connectivity index (χ1) is 9.66. The maximum Gasteiger partial charge on any atom is 0.371 e. The van der Waals surface area contributed by atoms with Crippen molar-refractivity contribution in [2.24, 2.45) is 0 Å². The standard InChI is InChI=1S/C13H17NO6/c15-12(10-2-3-11(20-10)13(16)17)14-5-1-6-19-9-4-7-18-8-9/h2-3,9H,1,4-8H2,(H,14,15)(H,16,17). The van der Waals surface area contributed by atoms with Gasteiger partial charge < -0.3 is 24.3 Å². The molecule has 1 saturated heterocycles. The van der Waals surface area contributed by atoms with Gasteiger partial charge in [-0.3, -0.25) is 4.79 Å². The molecule has 7 nitrogen and oxygen atoms in total. The summed E-state index contributed by atoms with van der Waals surface area (Å²) in [6.45, 7) is 2.37. The number of hydrogen-bond donors (Lipinski definition) is 2. The topological polar surface area (TPSA) is 98.0 Å². The Morgan fingerprint density at radius 1 is 1.40 bits per heavy atom. The summed E-state index contributed by atoms with van der Waals surface area (Å²) in [7, 11) is 0. The molecule has 0 saturated carbocycles. The number of furan rings is 1. The third-order valence-corrected chi connectivity index (χ3v) is 2.89. The van der Waals surface area contributed by atoms with Crippen LogP contribution in [0.2, 0.25) is 0 Å². The molecule has 0 radical (unpaired) electrons. The number of amides is 1. The van der Waals surface area contributed by atoms with Gasteiger partial charge in [-0.05, 0) is 25.0 Å². The molecule has 20 heavy (non-hydrogen) atoms. The van der Waals surface area contributed by atoms with E-state index in [1.807, 2.05) is 0 Å². The summed E-state index contributed by atoms with van der Waals surface area (Å²) < 4.78 is 15.6. The molecular weight excluding hydrogens is 266 g/mol. The van der Waals surface area contributed by atoms with Crippen LogP contribution in [-0.2, 0) is 9.47 Å². The van der Waals surface area contributed by atoms with E-state index in [1.165, 1.54) is 12.1 Å². The Bertz CT molecular complexity index is 463. The Morgan fingerprint density at radius 2 is 2.20 bits per heavy atom. The van der Waals surface area contributed by atoms with Gasteiger partial charge in [0.25, 0.3) is 5.91 Å².